The lowest BCUT2D eigenvalue weighted by Crippen LogP contribution is -2.16. The van der Waals surface area contributed by atoms with E-state index >= 15 is 0 Å². The maximum absolute atomic E-state index is 12.4. The Kier molecular flexibility index (Phi) is 7.52. The predicted octanol–water partition coefficient (Wildman–Crippen LogP) is 4.79. The molecule has 1 heterocycles. The molecule has 1 aromatic heterocycles. The quantitative estimate of drug-likeness (QED) is 0.500. The fourth-order valence-corrected chi connectivity index (χ4v) is 3.96. The van der Waals surface area contributed by atoms with Crippen LogP contribution in [-0.4, -0.2) is 26.4 Å². The number of aryl methyl sites for hydroxylation is 3. The Labute approximate surface area is 182 Å². The zero-order valence-corrected chi connectivity index (χ0v) is 18.8. The van der Waals surface area contributed by atoms with Crippen LogP contribution in [0.15, 0.2) is 47.6 Å². The number of para-hydroxylation sites is 1. The zero-order valence-electron chi connectivity index (χ0n) is 17.9. The average Bonchev–Trinajstić information content (AvgIpc) is 3.15. The third-order valence-corrected chi connectivity index (χ3v) is 5.85. The molecule has 3 aromatic rings. The first-order valence-corrected chi connectivity index (χ1v) is 11.1. The lowest BCUT2D eigenvalue weighted by Gasteiger charge is -2.11. The van der Waals surface area contributed by atoms with Gasteiger partial charge >= 0.3 is 0 Å². The van der Waals surface area contributed by atoms with E-state index in [9.17, 15) is 4.79 Å². The fraction of sp³-hybridized carbons (Fsp3) is 0.348. The summed E-state index contributed by atoms with van der Waals surface area (Å²) in [5.74, 6) is 1.76. The Balaban J connectivity index is 1.58. The van der Waals surface area contributed by atoms with Gasteiger partial charge in [0.1, 0.15) is 12.4 Å². The van der Waals surface area contributed by atoms with Crippen LogP contribution in [0.4, 0.5) is 5.69 Å². The van der Waals surface area contributed by atoms with Gasteiger partial charge in [-0.2, -0.15) is 0 Å². The summed E-state index contributed by atoms with van der Waals surface area (Å²) in [5.41, 5.74) is 4.26. The van der Waals surface area contributed by atoms with Gasteiger partial charge in [0.15, 0.2) is 11.0 Å². The number of hydrogen-bond acceptors (Lipinski definition) is 5. The Bertz CT molecular complexity index is 979. The Morgan fingerprint density at radius 1 is 1.07 bits per heavy atom. The van der Waals surface area contributed by atoms with Gasteiger partial charge < -0.3 is 14.6 Å². The van der Waals surface area contributed by atoms with Gasteiger partial charge in [0.2, 0.25) is 5.91 Å². The van der Waals surface area contributed by atoms with Crippen LogP contribution < -0.4 is 10.1 Å². The third-order valence-electron chi connectivity index (χ3n) is 4.89. The number of nitrogens with one attached hydrogen (secondary N) is 1. The number of aromatic nitrogens is 3. The minimum absolute atomic E-state index is 0.0585. The molecule has 158 valence electrons. The third kappa shape index (κ3) is 5.42. The molecule has 3 rings (SSSR count). The van der Waals surface area contributed by atoms with Gasteiger partial charge in [-0.25, -0.2) is 0 Å². The molecule has 0 aliphatic rings. The van der Waals surface area contributed by atoms with Crippen molar-refractivity contribution in [2.75, 3.05) is 11.1 Å². The molecule has 0 atom stereocenters. The predicted molar refractivity (Wildman–Crippen MR) is 121 cm³/mol. The Morgan fingerprint density at radius 2 is 1.77 bits per heavy atom. The molecule has 1 N–H and O–H groups in total. The van der Waals surface area contributed by atoms with Crippen molar-refractivity contribution in [3.05, 3.63) is 65.0 Å². The van der Waals surface area contributed by atoms with E-state index in [2.05, 4.69) is 34.6 Å². The molecule has 2 aromatic carbocycles. The van der Waals surface area contributed by atoms with Crippen molar-refractivity contribution in [3.63, 3.8) is 0 Å². The molecular weight excluding hydrogens is 396 g/mol. The van der Waals surface area contributed by atoms with Crippen molar-refractivity contribution in [3.8, 4) is 5.75 Å². The van der Waals surface area contributed by atoms with Gasteiger partial charge in [0, 0.05) is 12.2 Å². The molecular formula is C23H28N4O2S. The highest BCUT2D eigenvalue weighted by molar-refractivity contribution is 7.99. The zero-order chi connectivity index (χ0) is 21.5. The molecule has 1 amide bonds. The number of amides is 1. The Hall–Kier alpha value is -2.80. The highest BCUT2D eigenvalue weighted by Crippen LogP contribution is 2.22. The van der Waals surface area contributed by atoms with E-state index in [4.69, 9.17) is 4.74 Å². The maximum Gasteiger partial charge on any atom is 0.234 e. The molecule has 6 nitrogen and oxygen atoms in total. The molecule has 0 bridgehead atoms. The first-order chi connectivity index (χ1) is 14.5. The van der Waals surface area contributed by atoms with E-state index in [1.54, 1.807) is 0 Å². The molecule has 0 fully saturated rings. The van der Waals surface area contributed by atoms with Crippen molar-refractivity contribution < 1.29 is 9.53 Å². The van der Waals surface area contributed by atoms with E-state index in [0.29, 0.717) is 18.3 Å². The van der Waals surface area contributed by atoms with Crippen molar-refractivity contribution in [1.29, 1.82) is 0 Å². The summed E-state index contributed by atoms with van der Waals surface area (Å²) in [6.45, 7) is 9.19. The highest BCUT2D eigenvalue weighted by Gasteiger charge is 2.14. The largest absolute Gasteiger partial charge is 0.486 e. The number of ether oxygens (including phenoxy) is 1. The minimum Gasteiger partial charge on any atom is -0.486 e. The maximum atomic E-state index is 12.4. The summed E-state index contributed by atoms with van der Waals surface area (Å²) >= 11 is 1.38. The first-order valence-electron chi connectivity index (χ1n) is 10.1. The summed E-state index contributed by atoms with van der Waals surface area (Å²) < 4.78 is 7.85. The second kappa shape index (κ2) is 10.3. The molecule has 0 saturated heterocycles. The second-order valence-corrected chi connectivity index (χ2v) is 7.98. The van der Waals surface area contributed by atoms with Crippen molar-refractivity contribution in [2.45, 2.75) is 52.4 Å². The molecule has 7 heteroatoms. The van der Waals surface area contributed by atoms with Gasteiger partial charge in [-0.05, 0) is 56.0 Å². The van der Waals surface area contributed by atoms with Gasteiger partial charge in [-0.1, -0.05) is 49.0 Å². The van der Waals surface area contributed by atoms with Crippen LogP contribution in [0.5, 0.6) is 5.75 Å². The summed E-state index contributed by atoms with van der Waals surface area (Å²) in [4.78, 5) is 12.4. The molecule has 0 spiro atoms. The monoisotopic (exact) mass is 424 g/mol. The number of hydrogen-bond donors (Lipinski definition) is 1. The van der Waals surface area contributed by atoms with Gasteiger partial charge in [0.25, 0.3) is 0 Å². The van der Waals surface area contributed by atoms with Crippen LogP contribution in [0.3, 0.4) is 0 Å². The van der Waals surface area contributed by atoms with Crippen molar-refractivity contribution >= 4 is 23.4 Å². The van der Waals surface area contributed by atoms with Crippen LogP contribution in [0.25, 0.3) is 0 Å². The molecule has 0 radical (unpaired) electrons. The van der Waals surface area contributed by atoms with Crippen LogP contribution in [0.1, 0.15) is 36.4 Å². The summed E-state index contributed by atoms with van der Waals surface area (Å²) in [6.07, 6.45) is 1.00. The summed E-state index contributed by atoms with van der Waals surface area (Å²) in [6, 6.07) is 14.0. The topological polar surface area (TPSA) is 69.0 Å². The van der Waals surface area contributed by atoms with Gasteiger partial charge in [-0.3, -0.25) is 4.79 Å². The smallest absolute Gasteiger partial charge is 0.234 e. The molecule has 0 aliphatic carbocycles. The van der Waals surface area contributed by atoms with Crippen molar-refractivity contribution in [1.82, 2.24) is 14.8 Å². The van der Waals surface area contributed by atoms with Crippen LogP contribution in [-0.2, 0) is 24.4 Å². The molecule has 0 aliphatic heterocycles. The number of nitrogens with zero attached hydrogens (tertiary/aromatic N) is 3. The molecule has 0 unspecified atom stereocenters. The van der Waals surface area contributed by atoms with Crippen LogP contribution in [0, 0.1) is 13.8 Å². The number of rotatable bonds is 9. The molecule has 0 saturated carbocycles. The normalized spacial score (nSPS) is 10.8. The molecule has 30 heavy (non-hydrogen) atoms. The standard InChI is InChI=1S/C23H28N4O2S/c1-5-18-10-12-19(13-11-18)29-14-20-25-26-23(27(20)6-2)30-15-21(28)24-22-16(3)8-7-9-17(22)4/h7-13H,5-6,14-15H2,1-4H3,(H,24,28). The number of anilines is 1. The van der Waals surface area contributed by atoms with E-state index in [1.165, 1.54) is 17.3 Å². The summed E-state index contributed by atoms with van der Waals surface area (Å²) in [7, 11) is 0. The van der Waals surface area contributed by atoms with E-state index in [0.717, 1.165) is 34.8 Å². The van der Waals surface area contributed by atoms with Gasteiger partial charge in [-0.15, -0.1) is 10.2 Å². The number of benzene rings is 2. The van der Waals surface area contributed by atoms with E-state index < -0.39 is 0 Å². The van der Waals surface area contributed by atoms with E-state index in [1.807, 2.05) is 55.7 Å². The van der Waals surface area contributed by atoms with Crippen molar-refractivity contribution in [2.24, 2.45) is 0 Å². The average molecular weight is 425 g/mol. The van der Waals surface area contributed by atoms with E-state index in [-0.39, 0.29) is 11.7 Å². The lowest BCUT2D eigenvalue weighted by atomic mass is 10.1. The summed E-state index contributed by atoms with van der Waals surface area (Å²) in [5, 5.41) is 12.2. The first kappa shape index (κ1) is 21.9. The van der Waals surface area contributed by atoms with Crippen LogP contribution >= 0.6 is 11.8 Å². The Morgan fingerprint density at radius 3 is 2.40 bits per heavy atom. The SMILES string of the molecule is CCc1ccc(OCc2nnc(SCC(=O)Nc3c(C)cccc3C)n2CC)cc1. The lowest BCUT2D eigenvalue weighted by molar-refractivity contribution is -0.113. The number of carbonyl (C=O) groups is 1. The number of carbonyl (C=O) groups excluding carboxylic acids is 1. The van der Waals surface area contributed by atoms with Crippen LogP contribution in [0.2, 0.25) is 0 Å². The minimum atomic E-state index is -0.0585. The highest BCUT2D eigenvalue weighted by atomic mass is 32.2. The fourth-order valence-electron chi connectivity index (χ4n) is 3.14. The van der Waals surface area contributed by atoms with Gasteiger partial charge in [0.05, 0.1) is 5.75 Å². The second-order valence-electron chi connectivity index (χ2n) is 7.03. The number of thioether (sulfide) groups is 1.